The molecule has 6 heteroatoms. The Morgan fingerprint density at radius 2 is 2.00 bits per heavy atom. The third-order valence-corrected chi connectivity index (χ3v) is 5.41. The zero-order valence-electron chi connectivity index (χ0n) is 12.1. The maximum Gasteiger partial charge on any atom is 0.328 e. The molecule has 2 saturated heterocycles. The predicted molar refractivity (Wildman–Crippen MR) is 83.6 cm³/mol. The quantitative estimate of drug-likeness (QED) is 0.719. The summed E-state index contributed by atoms with van der Waals surface area (Å²) in [6, 6.07) is 5.18. The first kappa shape index (κ1) is 14.1. The number of hydrogen-bond acceptors (Lipinski definition) is 3. The molecule has 1 aromatic carbocycles. The number of piperidine rings is 1. The molecule has 0 unspecified atom stereocenters. The number of ether oxygens (including phenoxy) is 1. The number of fused-ring (bicyclic) bond motifs is 2. The predicted octanol–water partition coefficient (Wildman–Crippen LogP) is 3.09. The fraction of sp³-hybridized carbons (Fsp3) is 0.500. The van der Waals surface area contributed by atoms with E-state index < -0.39 is 0 Å². The average Bonchev–Trinajstić information content (AvgIpc) is 2.80. The van der Waals surface area contributed by atoms with Gasteiger partial charge in [0.1, 0.15) is 11.8 Å². The van der Waals surface area contributed by atoms with Crippen molar-refractivity contribution in [2.24, 2.45) is 0 Å². The molecule has 0 radical (unpaired) electrons. The smallest absolute Gasteiger partial charge is 0.328 e. The third-order valence-electron chi connectivity index (χ3n) is 4.78. The molecule has 0 bridgehead atoms. The second kappa shape index (κ2) is 5.26. The average molecular weight is 365 g/mol. The van der Waals surface area contributed by atoms with Gasteiger partial charge in [-0.2, -0.15) is 0 Å². The number of amides is 3. The maximum absolute atomic E-state index is 12.8. The zero-order chi connectivity index (χ0) is 15.3. The van der Waals surface area contributed by atoms with Gasteiger partial charge in [0.15, 0.2) is 0 Å². The minimum atomic E-state index is -0.250. The monoisotopic (exact) mass is 364 g/mol. The van der Waals surface area contributed by atoms with Gasteiger partial charge in [0.2, 0.25) is 0 Å². The van der Waals surface area contributed by atoms with E-state index in [1.165, 1.54) is 4.90 Å². The van der Waals surface area contributed by atoms with Gasteiger partial charge in [0.05, 0.1) is 17.1 Å². The Kier molecular flexibility index (Phi) is 3.36. The first-order valence-electron chi connectivity index (χ1n) is 7.73. The van der Waals surface area contributed by atoms with Crippen molar-refractivity contribution in [3.05, 3.63) is 28.2 Å². The molecule has 0 saturated carbocycles. The number of carbonyl (C=O) groups is 2. The molecule has 4 rings (SSSR count). The molecule has 3 amide bonds. The molecule has 0 spiro atoms. The van der Waals surface area contributed by atoms with E-state index in [1.54, 1.807) is 4.90 Å². The highest BCUT2D eigenvalue weighted by Gasteiger charge is 2.49. The summed E-state index contributed by atoms with van der Waals surface area (Å²) in [5.41, 5.74) is 0.919. The maximum atomic E-state index is 12.8. The lowest BCUT2D eigenvalue weighted by Gasteiger charge is -2.32. The van der Waals surface area contributed by atoms with Crippen molar-refractivity contribution in [3.8, 4) is 5.75 Å². The fourth-order valence-electron chi connectivity index (χ4n) is 3.73. The van der Waals surface area contributed by atoms with Crippen LogP contribution in [0.15, 0.2) is 22.7 Å². The van der Waals surface area contributed by atoms with Crippen molar-refractivity contribution in [2.45, 2.75) is 37.8 Å². The second-order valence-electron chi connectivity index (χ2n) is 6.01. The topological polar surface area (TPSA) is 49.9 Å². The van der Waals surface area contributed by atoms with Crippen LogP contribution in [0.25, 0.3) is 0 Å². The van der Waals surface area contributed by atoms with Crippen molar-refractivity contribution in [1.29, 1.82) is 0 Å². The lowest BCUT2D eigenvalue weighted by molar-refractivity contribution is -0.130. The number of urea groups is 1. The van der Waals surface area contributed by atoms with Crippen LogP contribution in [0, 0.1) is 0 Å². The summed E-state index contributed by atoms with van der Waals surface area (Å²) in [6.45, 7) is 1.21. The number of para-hydroxylation sites is 1. The highest BCUT2D eigenvalue weighted by atomic mass is 79.9. The van der Waals surface area contributed by atoms with Gasteiger partial charge >= 0.3 is 6.03 Å². The van der Waals surface area contributed by atoms with E-state index in [-0.39, 0.29) is 24.0 Å². The second-order valence-corrected chi connectivity index (χ2v) is 6.86. The van der Waals surface area contributed by atoms with Crippen LogP contribution in [-0.2, 0) is 4.79 Å². The Bertz CT molecular complexity index is 624. The van der Waals surface area contributed by atoms with E-state index in [2.05, 4.69) is 15.9 Å². The lowest BCUT2D eigenvalue weighted by atomic mass is 9.98. The van der Waals surface area contributed by atoms with Crippen LogP contribution in [0.1, 0.15) is 37.3 Å². The van der Waals surface area contributed by atoms with Gasteiger partial charge in [-0.05, 0) is 41.3 Å². The standard InChI is InChI=1S/C16H17BrN2O3/c17-11-5-3-4-10-12(7-9-22-14(10)11)19-15(20)13-6-1-2-8-18(13)16(19)21/h3-5,12-13H,1-2,6-9H2/t12-,13-/m0/s1. The Morgan fingerprint density at radius 3 is 2.82 bits per heavy atom. The molecule has 3 heterocycles. The van der Waals surface area contributed by atoms with E-state index >= 15 is 0 Å². The Labute approximate surface area is 137 Å². The molecular weight excluding hydrogens is 348 g/mol. The van der Waals surface area contributed by atoms with Gasteiger partial charge in [-0.15, -0.1) is 0 Å². The van der Waals surface area contributed by atoms with E-state index in [0.29, 0.717) is 19.6 Å². The molecule has 3 aliphatic rings. The number of hydrogen-bond donors (Lipinski definition) is 0. The van der Waals surface area contributed by atoms with Gasteiger partial charge in [-0.1, -0.05) is 12.1 Å². The number of imide groups is 1. The summed E-state index contributed by atoms with van der Waals surface area (Å²) in [5, 5.41) is 0. The number of nitrogens with zero attached hydrogens (tertiary/aromatic N) is 2. The minimum absolute atomic E-state index is 0.0393. The van der Waals surface area contributed by atoms with Crippen LogP contribution in [0.5, 0.6) is 5.75 Å². The molecule has 0 aromatic heterocycles. The summed E-state index contributed by atoms with van der Waals surface area (Å²) in [5.74, 6) is 0.715. The first-order valence-corrected chi connectivity index (χ1v) is 8.52. The highest BCUT2D eigenvalue weighted by Crippen LogP contribution is 2.43. The number of benzene rings is 1. The Hall–Kier alpha value is -1.56. The van der Waals surface area contributed by atoms with Gasteiger partial charge in [0, 0.05) is 18.5 Å². The van der Waals surface area contributed by atoms with Gasteiger partial charge in [0.25, 0.3) is 5.91 Å². The van der Waals surface area contributed by atoms with Crippen LogP contribution >= 0.6 is 15.9 Å². The fourth-order valence-corrected chi connectivity index (χ4v) is 4.23. The van der Waals surface area contributed by atoms with Crippen molar-refractivity contribution >= 4 is 27.9 Å². The molecule has 1 aromatic rings. The molecular formula is C16H17BrN2O3. The summed E-state index contributed by atoms with van der Waals surface area (Å²) < 4.78 is 6.59. The molecule has 0 aliphatic carbocycles. The molecule has 116 valence electrons. The number of halogens is 1. The molecule has 2 atom stereocenters. The molecule has 0 N–H and O–H groups in total. The SMILES string of the molecule is O=C1[C@@H]2CCCCN2C(=O)N1[C@H]1CCOc2c(Br)cccc21. The Balaban J connectivity index is 1.73. The minimum Gasteiger partial charge on any atom is -0.492 e. The lowest BCUT2D eigenvalue weighted by Crippen LogP contribution is -2.39. The molecule has 3 aliphatic heterocycles. The summed E-state index contributed by atoms with van der Waals surface area (Å²) in [4.78, 5) is 28.7. The van der Waals surface area contributed by atoms with Crippen LogP contribution in [0.4, 0.5) is 4.79 Å². The van der Waals surface area contributed by atoms with Gasteiger partial charge in [-0.25, -0.2) is 4.79 Å². The van der Waals surface area contributed by atoms with Crippen molar-refractivity contribution in [2.75, 3.05) is 13.2 Å². The third kappa shape index (κ3) is 1.96. The van der Waals surface area contributed by atoms with Crippen LogP contribution in [0.2, 0.25) is 0 Å². The van der Waals surface area contributed by atoms with E-state index in [9.17, 15) is 9.59 Å². The van der Waals surface area contributed by atoms with E-state index in [1.807, 2.05) is 18.2 Å². The normalized spacial score (nSPS) is 27.5. The number of rotatable bonds is 1. The Morgan fingerprint density at radius 1 is 1.14 bits per heavy atom. The first-order chi connectivity index (χ1) is 10.7. The summed E-state index contributed by atoms with van der Waals surface area (Å²) >= 11 is 3.49. The van der Waals surface area contributed by atoms with E-state index in [0.717, 1.165) is 35.0 Å². The van der Waals surface area contributed by atoms with Gasteiger partial charge < -0.3 is 9.64 Å². The highest BCUT2D eigenvalue weighted by molar-refractivity contribution is 9.10. The molecule has 5 nitrogen and oxygen atoms in total. The van der Waals surface area contributed by atoms with Crippen molar-refractivity contribution in [3.63, 3.8) is 0 Å². The van der Waals surface area contributed by atoms with Crippen molar-refractivity contribution in [1.82, 2.24) is 9.80 Å². The van der Waals surface area contributed by atoms with Gasteiger partial charge in [-0.3, -0.25) is 9.69 Å². The summed E-state index contributed by atoms with van der Waals surface area (Å²) in [6.07, 6.45) is 3.44. The van der Waals surface area contributed by atoms with E-state index in [4.69, 9.17) is 4.74 Å². The van der Waals surface area contributed by atoms with Crippen LogP contribution < -0.4 is 4.74 Å². The molecule has 2 fully saturated rings. The zero-order valence-corrected chi connectivity index (χ0v) is 13.7. The largest absolute Gasteiger partial charge is 0.492 e. The van der Waals surface area contributed by atoms with Crippen molar-refractivity contribution < 1.29 is 14.3 Å². The summed E-state index contributed by atoms with van der Waals surface area (Å²) in [7, 11) is 0. The molecule has 22 heavy (non-hydrogen) atoms. The number of carbonyl (C=O) groups excluding carboxylic acids is 2. The van der Waals surface area contributed by atoms with Crippen LogP contribution in [-0.4, -0.2) is 40.9 Å². The van der Waals surface area contributed by atoms with Crippen LogP contribution in [0.3, 0.4) is 0 Å².